The summed E-state index contributed by atoms with van der Waals surface area (Å²) < 4.78 is 4.30. The van der Waals surface area contributed by atoms with Crippen LogP contribution >= 0.6 is 0 Å². The zero-order valence-electron chi connectivity index (χ0n) is 5.23. The number of cyclic esters (lactones) is 1. The van der Waals surface area contributed by atoms with Crippen molar-refractivity contribution in [3.8, 4) is 0 Å². The maximum Gasteiger partial charge on any atom is 1.00 e. The molecule has 0 saturated carbocycles. The van der Waals surface area contributed by atoms with Gasteiger partial charge >= 0.3 is 35.5 Å². The molecule has 0 radical (unpaired) electrons. The summed E-state index contributed by atoms with van der Waals surface area (Å²) in [5.41, 5.74) is 0.579. The minimum absolute atomic E-state index is 0. The third kappa shape index (κ3) is 1.30. The molecule has 1 heterocycles. The third-order valence-electron chi connectivity index (χ3n) is 0.666. The molecule has 1 rings (SSSR count). The van der Waals surface area contributed by atoms with Crippen LogP contribution in [0, 0.1) is 0 Å². The molecule has 3 heteroatoms. The normalized spacial score (nSPS) is 16.6. The van der Waals surface area contributed by atoms with Crippen LogP contribution in [0.3, 0.4) is 0 Å². The summed E-state index contributed by atoms with van der Waals surface area (Å²) in [5, 5.41) is 0. The molecule has 0 spiro atoms. The second-order valence-electron chi connectivity index (χ2n) is 1.18. The Hall–Kier alpha value is 0.210. The van der Waals surface area contributed by atoms with Gasteiger partial charge in [0.15, 0.2) is 0 Å². The van der Waals surface area contributed by atoms with E-state index in [0.29, 0.717) is 12.2 Å². The summed E-state index contributed by atoms with van der Waals surface area (Å²) >= 11 is 0. The Bertz CT molecular complexity index is 98.6. The Morgan fingerprint density at radius 1 is 1.86 bits per heavy atom. The van der Waals surface area contributed by atoms with E-state index in [1.165, 1.54) is 0 Å². The van der Waals surface area contributed by atoms with Gasteiger partial charge in [0.2, 0.25) is 0 Å². The number of hydrogen-bond acceptors (Lipinski definition) is 2. The Morgan fingerprint density at radius 2 is 2.29 bits per heavy atom. The molecule has 0 aromatic rings. The molecule has 1 aliphatic heterocycles. The zero-order valence-corrected chi connectivity index (χ0v) is 6.23. The Balaban J connectivity index is 0. The van der Waals surface area contributed by atoms with Crippen molar-refractivity contribution in [1.29, 1.82) is 0 Å². The standard InChI is InChI=1S/C4H4O2.Na.H/c1-3-2-6-4(3)5;;/h1-2H2;;/q;+1;-1. The van der Waals surface area contributed by atoms with Gasteiger partial charge in [-0.2, -0.15) is 0 Å². The van der Waals surface area contributed by atoms with Crippen molar-refractivity contribution in [1.82, 2.24) is 0 Å². The van der Waals surface area contributed by atoms with E-state index in [2.05, 4.69) is 11.3 Å². The topological polar surface area (TPSA) is 26.3 Å². The van der Waals surface area contributed by atoms with Crippen LogP contribution in [0.4, 0.5) is 0 Å². The maximum atomic E-state index is 9.91. The molecule has 1 saturated heterocycles. The van der Waals surface area contributed by atoms with Gasteiger partial charge in [0.1, 0.15) is 6.61 Å². The Morgan fingerprint density at radius 3 is 2.29 bits per heavy atom. The number of carbonyl (C=O) groups is 1. The Kier molecular flexibility index (Phi) is 2.58. The number of hydrogen-bond donors (Lipinski definition) is 0. The van der Waals surface area contributed by atoms with E-state index < -0.39 is 0 Å². The fourth-order valence-corrected chi connectivity index (χ4v) is 0.233. The first-order chi connectivity index (χ1) is 2.80. The van der Waals surface area contributed by atoms with Crippen molar-refractivity contribution in [2.24, 2.45) is 0 Å². The molecule has 34 valence electrons. The van der Waals surface area contributed by atoms with Crippen molar-refractivity contribution < 1.29 is 40.5 Å². The van der Waals surface area contributed by atoms with Crippen molar-refractivity contribution in [3.63, 3.8) is 0 Å². The van der Waals surface area contributed by atoms with Crippen molar-refractivity contribution in [2.45, 2.75) is 0 Å². The summed E-state index contributed by atoms with van der Waals surface area (Å²) in [5.74, 6) is -0.255. The summed E-state index contributed by atoms with van der Waals surface area (Å²) in [4.78, 5) is 9.91. The fourth-order valence-electron chi connectivity index (χ4n) is 0.233. The van der Waals surface area contributed by atoms with Crippen molar-refractivity contribution in [3.05, 3.63) is 12.2 Å². The van der Waals surface area contributed by atoms with Gasteiger partial charge in [-0.05, 0) is 0 Å². The SMILES string of the molecule is C=C1COC1=O.[H-].[Na+]. The summed E-state index contributed by atoms with van der Waals surface area (Å²) in [6, 6.07) is 0. The van der Waals surface area contributed by atoms with E-state index >= 15 is 0 Å². The predicted molar refractivity (Wildman–Crippen MR) is 21.2 cm³/mol. The molecule has 0 N–H and O–H groups in total. The van der Waals surface area contributed by atoms with E-state index in [1.54, 1.807) is 0 Å². The molecule has 0 bridgehead atoms. The van der Waals surface area contributed by atoms with E-state index in [-0.39, 0.29) is 37.0 Å². The van der Waals surface area contributed by atoms with Gasteiger partial charge < -0.3 is 6.16 Å². The van der Waals surface area contributed by atoms with Gasteiger partial charge in [0.05, 0.1) is 5.57 Å². The van der Waals surface area contributed by atoms with Gasteiger partial charge in [-0.3, -0.25) is 0 Å². The molecule has 0 aliphatic carbocycles. The molecule has 0 aromatic heterocycles. The van der Waals surface area contributed by atoms with Crippen molar-refractivity contribution >= 4 is 5.97 Å². The van der Waals surface area contributed by atoms with Gasteiger partial charge in [0.25, 0.3) is 0 Å². The minimum atomic E-state index is -0.255. The molecule has 0 aromatic carbocycles. The molecule has 0 amide bonds. The first-order valence-electron chi connectivity index (χ1n) is 1.65. The smallest absolute Gasteiger partial charge is 1.00 e. The Labute approximate surface area is 65.3 Å². The van der Waals surface area contributed by atoms with Crippen LogP contribution in [0.5, 0.6) is 0 Å². The molecule has 0 atom stereocenters. The first-order valence-corrected chi connectivity index (χ1v) is 1.65. The largest absolute Gasteiger partial charge is 1.00 e. The quantitative estimate of drug-likeness (QED) is 0.190. The fraction of sp³-hybridized carbons (Fsp3) is 0.250. The average Bonchev–Trinajstić information content (AvgIpc) is 1.61. The van der Waals surface area contributed by atoms with Crippen LogP contribution in [0.15, 0.2) is 12.2 Å². The summed E-state index contributed by atoms with van der Waals surface area (Å²) in [7, 11) is 0. The number of carbonyl (C=O) groups excluding carboxylic acids is 1. The molecule has 1 fully saturated rings. The molecule has 2 nitrogen and oxygen atoms in total. The zero-order chi connectivity index (χ0) is 4.57. The minimum Gasteiger partial charge on any atom is -1.00 e. The van der Waals surface area contributed by atoms with Crippen LogP contribution in [0.25, 0.3) is 0 Å². The van der Waals surface area contributed by atoms with Gasteiger partial charge in [-0.15, -0.1) is 0 Å². The monoisotopic (exact) mass is 108 g/mol. The molecule has 1 aliphatic rings. The first kappa shape index (κ1) is 7.21. The molecule has 7 heavy (non-hydrogen) atoms. The number of rotatable bonds is 0. The van der Waals surface area contributed by atoms with Gasteiger partial charge in [-0.25, -0.2) is 4.79 Å². The maximum absolute atomic E-state index is 9.91. The van der Waals surface area contributed by atoms with Crippen LogP contribution in [0.1, 0.15) is 1.43 Å². The average molecular weight is 108 g/mol. The second-order valence-corrected chi connectivity index (χ2v) is 1.18. The van der Waals surface area contributed by atoms with Crippen LogP contribution in [-0.2, 0) is 9.53 Å². The van der Waals surface area contributed by atoms with Crippen molar-refractivity contribution in [2.75, 3.05) is 6.61 Å². The van der Waals surface area contributed by atoms with Crippen LogP contribution in [-0.4, -0.2) is 12.6 Å². The summed E-state index contributed by atoms with van der Waals surface area (Å²) in [6.45, 7) is 3.80. The van der Waals surface area contributed by atoms with Crippen LogP contribution < -0.4 is 29.6 Å². The number of ether oxygens (including phenoxy) is 1. The second kappa shape index (κ2) is 2.50. The van der Waals surface area contributed by atoms with E-state index in [0.717, 1.165) is 0 Å². The molecular weight excluding hydrogens is 103 g/mol. The molecule has 0 unspecified atom stereocenters. The third-order valence-corrected chi connectivity index (χ3v) is 0.666. The van der Waals surface area contributed by atoms with Crippen LogP contribution in [0.2, 0.25) is 0 Å². The van der Waals surface area contributed by atoms with Gasteiger partial charge in [0, 0.05) is 0 Å². The van der Waals surface area contributed by atoms with E-state index in [1.807, 2.05) is 0 Å². The van der Waals surface area contributed by atoms with E-state index in [9.17, 15) is 4.79 Å². The van der Waals surface area contributed by atoms with E-state index in [4.69, 9.17) is 0 Å². The summed E-state index contributed by atoms with van der Waals surface area (Å²) in [6.07, 6.45) is 0. The number of esters is 1. The molecular formula is C4H5NaO2. The predicted octanol–water partition coefficient (Wildman–Crippen LogP) is -2.78. The van der Waals surface area contributed by atoms with Gasteiger partial charge in [-0.1, -0.05) is 6.58 Å².